The lowest BCUT2D eigenvalue weighted by Gasteiger charge is -2.22. The van der Waals surface area contributed by atoms with Gasteiger partial charge >= 0.3 is 0 Å². The van der Waals surface area contributed by atoms with Gasteiger partial charge in [0.1, 0.15) is 6.04 Å². The third-order valence-corrected chi connectivity index (χ3v) is 4.04. The number of rotatable bonds is 6. The first kappa shape index (κ1) is 20.5. The standard InChI is InChI=1S/C20H22ClN3O3/c1-12(2)18(24-19(26)14-7-9-15(21)10-8-14)20(27)23-17-6-4-5-16(11-17)22-13(3)25/h4-12,18H,1-3H3,(H,22,25)(H,23,27)(H,24,26)/t18-/m0/s1. The summed E-state index contributed by atoms with van der Waals surface area (Å²) >= 11 is 5.84. The monoisotopic (exact) mass is 387 g/mol. The number of halogens is 1. The lowest BCUT2D eigenvalue weighted by Crippen LogP contribution is -2.47. The van der Waals surface area contributed by atoms with Gasteiger partial charge in [0.15, 0.2) is 0 Å². The van der Waals surface area contributed by atoms with Crippen LogP contribution >= 0.6 is 11.6 Å². The van der Waals surface area contributed by atoms with Crippen molar-refractivity contribution in [3.8, 4) is 0 Å². The number of amides is 3. The molecule has 142 valence electrons. The smallest absolute Gasteiger partial charge is 0.251 e. The van der Waals surface area contributed by atoms with Crippen molar-refractivity contribution >= 4 is 40.7 Å². The third kappa shape index (κ3) is 6.11. The Bertz CT molecular complexity index is 835. The van der Waals surface area contributed by atoms with Crippen LogP contribution in [0.3, 0.4) is 0 Å². The fourth-order valence-electron chi connectivity index (χ4n) is 2.46. The number of nitrogens with one attached hydrogen (secondary N) is 3. The van der Waals surface area contributed by atoms with Gasteiger partial charge in [-0.05, 0) is 48.4 Å². The number of benzene rings is 2. The quantitative estimate of drug-likeness (QED) is 0.706. The van der Waals surface area contributed by atoms with Gasteiger partial charge in [0.05, 0.1) is 0 Å². The highest BCUT2D eigenvalue weighted by molar-refractivity contribution is 6.30. The summed E-state index contributed by atoms with van der Waals surface area (Å²) in [7, 11) is 0. The lowest BCUT2D eigenvalue weighted by molar-refractivity contribution is -0.119. The zero-order chi connectivity index (χ0) is 20.0. The van der Waals surface area contributed by atoms with E-state index in [2.05, 4.69) is 16.0 Å². The van der Waals surface area contributed by atoms with Crippen molar-refractivity contribution < 1.29 is 14.4 Å². The molecule has 0 aliphatic rings. The van der Waals surface area contributed by atoms with Gasteiger partial charge in [-0.15, -0.1) is 0 Å². The number of carbonyl (C=O) groups is 3. The summed E-state index contributed by atoms with van der Waals surface area (Å²) in [4.78, 5) is 36.3. The van der Waals surface area contributed by atoms with Crippen LogP contribution in [0, 0.1) is 5.92 Å². The third-order valence-electron chi connectivity index (χ3n) is 3.79. The maximum Gasteiger partial charge on any atom is 0.251 e. The van der Waals surface area contributed by atoms with E-state index in [9.17, 15) is 14.4 Å². The summed E-state index contributed by atoms with van der Waals surface area (Å²) in [6.07, 6.45) is 0. The molecule has 2 rings (SSSR count). The van der Waals surface area contributed by atoms with Crippen molar-refractivity contribution in [3.63, 3.8) is 0 Å². The molecule has 7 heteroatoms. The number of carbonyl (C=O) groups excluding carboxylic acids is 3. The predicted octanol–water partition coefficient (Wildman–Crippen LogP) is 3.69. The molecule has 1 atom stereocenters. The van der Waals surface area contributed by atoms with Crippen LogP contribution in [0.5, 0.6) is 0 Å². The highest BCUT2D eigenvalue weighted by Crippen LogP contribution is 2.17. The maximum absolute atomic E-state index is 12.7. The molecule has 0 aliphatic carbocycles. The Balaban J connectivity index is 2.09. The fraction of sp³-hybridized carbons (Fsp3) is 0.250. The first-order valence-corrected chi connectivity index (χ1v) is 8.89. The average molecular weight is 388 g/mol. The molecule has 0 aromatic heterocycles. The summed E-state index contributed by atoms with van der Waals surface area (Å²) in [6, 6.07) is 12.5. The van der Waals surface area contributed by atoms with E-state index in [4.69, 9.17) is 11.6 Å². The SMILES string of the molecule is CC(=O)Nc1cccc(NC(=O)[C@@H](NC(=O)c2ccc(Cl)cc2)C(C)C)c1. The van der Waals surface area contributed by atoms with Crippen LogP contribution in [-0.4, -0.2) is 23.8 Å². The van der Waals surface area contributed by atoms with E-state index in [1.807, 2.05) is 13.8 Å². The van der Waals surface area contributed by atoms with E-state index in [1.54, 1.807) is 48.5 Å². The molecule has 0 radical (unpaired) electrons. The second-order valence-electron chi connectivity index (χ2n) is 6.45. The van der Waals surface area contributed by atoms with Crippen molar-refractivity contribution in [3.05, 3.63) is 59.1 Å². The van der Waals surface area contributed by atoms with Crippen LogP contribution in [-0.2, 0) is 9.59 Å². The molecule has 0 spiro atoms. The maximum atomic E-state index is 12.7. The highest BCUT2D eigenvalue weighted by atomic mass is 35.5. The molecule has 2 aromatic rings. The molecule has 6 nitrogen and oxygen atoms in total. The van der Waals surface area contributed by atoms with E-state index in [0.29, 0.717) is 22.0 Å². The Labute approximate surface area is 163 Å². The predicted molar refractivity (Wildman–Crippen MR) is 107 cm³/mol. The zero-order valence-corrected chi connectivity index (χ0v) is 16.1. The summed E-state index contributed by atoms with van der Waals surface area (Å²) in [5.74, 6) is -1.02. The summed E-state index contributed by atoms with van der Waals surface area (Å²) < 4.78 is 0. The van der Waals surface area contributed by atoms with Gasteiger partial charge in [-0.2, -0.15) is 0 Å². The average Bonchev–Trinajstić information content (AvgIpc) is 2.59. The molecule has 0 heterocycles. The fourth-order valence-corrected chi connectivity index (χ4v) is 2.58. The van der Waals surface area contributed by atoms with Gasteiger partial charge in [0, 0.05) is 28.9 Å². The van der Waals surface area contributed by atoms with Crippen molar-refractivity contribution in [2.45, 2.75) is 26.8 Å². The molecule has 0 saturated heterocycles. The topological polar surface area (TPSA) is 87.3 Å². The Morgan fingerprint density at radius 3 is 2.07 bits per heavy atom. The molecule has 0 fully saturated rings. The Hall–Kier alpha value is -2.86. The van der Waals surface area contributed by atoms with Crippen LogP contribution in [0.25, 0.3) is 0 Å². The van der Waals surface area contributed by atoms with E-state index in [1.165, 1.54) is 6.92 Å². The minimum Gasteiger partial charge on any atom is -0.340 e. The van der Waals surface area contributed by atoms with Crippen molar-refractivity contribution in [2.75, 3.05) is 10.6 Å². The first-order chi connectivity index (χ1) is 12.8. The van der Waals surface area contributed by atoms with E-state index in [0.717, 1.165) is 0 Å². The molecule has 0 unspecified atom stereocenters. The van der Waals surface area contributed by atoms with E-state index < -0.39 is 6.04 Å². The molecular weight excluding hydrogens is 366 g/mol. The molecule has 3 N–H and O–H groups in total. The zero-order valence-electron chi connectivity index (χ0n) is 15.4. The minimum atomic E-state index is -0.724. The van der Waals surface area contributed by atoms with Crippen molar-refractivity contribution in [1.29, 1.82) is 0 Å². The van der Waals surface area contributed by atoms with Gasteiger partial charge in [-0.1, -0.05) is 31.5 Å². The van der Waals surface area contributed by atoms with Crippen molar-refractivity contribution in [1.82, 2.24) is 5.32 Å². The summed E-state index contributed by atoms with van der Waals surface area (Å²) in [5, 5.41) is 8.72. The van der Waals surface area contributed by atoms with Crippen LogP contribution in [0.15, 0.2) is 48.5 Å². The van der Waals surface area contributed by atoms with Gasteiger partial charge in [0.25, 0.3) is 5.91 Å². The van der Waals surface area contributed by atoms with Gasteiger partial charge in [-0.25, -0.2) is 0 Å². The molecule has 0 saturated carbocycles. The molecule has 0 aliphatic heterocycles. The largest absolute Gasteiger partial charge is 0.340 e. The van der Waals surface area contributed by atoms with E-state index in [-0.39, 0.29) is 23.6 Å². The Morgan fingerprint density at radius 2 is 1.52 bits per heavy atom. The van der Waals surface area contributed by atoms with Gasteiger partial charge in [-0.3, -0.25) is 14.4 Å². The minimum absolute atomic E-state index is 0.125. The molecule has 0 bridgehead atoms. The van der Waals surface area contributed by atoms with Gasteiger partial charge in [0.2, 0.25) is 11.8 Å². The first-order valence-electron chi connectivity index (χ1n) is 8.51. The summed E-state index contributed by atoms with van der Waals surface area (Å²) in [5.41, 5.74) is 1.52. The second-order valence-corrected chi connectivity index (χ2v) is 6.89. The Kier molecular flexibility index (Phi) is 6.96. The second kappa shape index (κ2) is 9.19. The molecular formula is C20H22ClN3O3. The highest BCUT2D eigenvalue weighted by Gasteiger charge is 2.25. The normalized spacial score (nSPS) is 11.6. The summed E-state index contributed by atoms with van der Waals surface area (Å²) in [6.45, 7) is 5.10. The molecule has 2 aromatic carbocycles. The van der Waals surface area contributed by atoms with E-state index >= 15 is 0 Å². The molecule has 27 heavy (non-hydrogen) atoms. The Morgan fingerprint density at radius 1 is 0.926 bits per heavy atom. The number of anilines is 2. The van der Waals surface area contributed by atoms with Gasteiger partial charge < -0.3 is 16.0 Å². The molecule has 3 amide bonds. The number of hydrogen-bond acceptors (Lipinski definition) is 3. The lowest BCUT2D eigenvalue weighted by atomic mass is 10.0. The van der Waals surface area contributed by atoms with Crippen LogP contribution in [0.2, 0.25) is 5.02 Å². The van der Waals surface area contributed by atoms with Crippen LogP contribution in [0.1, 0.15) is 31.1 Å². The van der Waals surface area contributed by atoms with Crippen LogP contribution < -0.4 is 16.0 Å². The van der Waals surface area contributed by atoms with Crippen molar-refractivity contribution in [2.24, 2.45) is 5.92 Å². The number of hydrogen-bond donors (Lipinski definition) is 3. The van der Waals surface area contributed by atoms with Crippen LogP contribution in [0.4, 0.5) is 11.4 Å².